The molecule has 0 spiro atoms. The third-order valence-corrected chi connectivity index (χ3v) is 2.98. The van der Waals surface area contributed by atoms with Gasteiger partial charge in [0.05, 0.1) is 12.3 Å². The molecular formula is C15H20N4O. The van der Waals surface area contributed by atoms with Crippen LogP contribution in [0.2, 0.25) is 0 Å². The van der Waals surface area contributed by atoms with Gasteiger partial charge in [-0.1, -0.05) is 6.07 Å². The first-order valence-electron chi connectivity index (χ1n) is 6.71. The Bertz CT molecular complexity index is 545. The van der Waals surface area contributed by atoms with Gasteiger partial charge in [-0.15, -0.1) is 0 Å². The highest BCUT2D eigenvalue weighted by molar-refractivity contribution is 5.54. The summed E-state index contributed by atoms with van der Waals surface area (Å²) in [5.74, 6) is 1.34. The lowest BCUT2D eigenvalue weighted by Gasteiger charge is -2.19. The van der Waals surface area contributed by atoms with Gasteiger partial charge in [0.1, 0.15) is 5.82 Å². The molecule has 0 radical (unpaired) electrons. The van der Waals surface area contributed by atoms with Crippen molar-refractivity contribution in [1.29, 1.82) is 0 Å². The molecule has 2 N–H and O–H groups in total. The molecule has 2 aromatic heterocycles. The van der Waals surface area contributed by atoms with E-state index in [-0.39, 0.29) is 0 Å². The van der Waals surface area contributed by atoms with E-state index in [9.17, 15) is 0 Å². The van der Waals surface area contributed by atoms with Gasteiger partial charge in [0.25, 0.3) is 0 Å². The molecule has 0 fully saturated rings. The Labute approximate surface area is 119 Å². The van der Waals surface area contributed by atoms with Crippen LogP contribution in [-0.2, 0) is 6.42 Å². The maximum absolute atomic E-state index is 5.82. The lowest BCUT2D eigenvalue weighted by atomic mass is 10.2. The number of likely N-dealkylation sites (N-methyl/N-ethyl adjacent to an activating group) is 1. The maximum atomic E-state index is 5.82. The average Bonchev–Trinajstić information content (AvgIpc) is 2.48. The fraction of sp³-hybridized carbons (Fsp3) is 0.333. The van der Waals surface area contributed by atoms with E-state index in [4.69, 9.17) is 10.5 Å². The third-order valence-electron chi connectivity index (χ3n) is 2.98. The summed E-state index contributed by atoms with van der Waals surface area (Å²) in [4.78, 5) is 10.8. The second-order valence-corrected chi connectivity index (χ2v) is 4.49. The van der Waals surface area contributed by atoms with Crippen molar-refractivity contribution in [3.8, 4) is 5.88 Å². The van der Waals surface area contributed by atoms with Gasteiger partial charge in [0, 0.05) is 31.9 Å². The Balaban J connectivity index is 2.01. The molecular weight excluding hydrogens is 252 g/mol. The van der Waals surface area contributed by atoms with Gasteiger partial charge in [-0.3, -0.25) is 4.98 Å². The van der Waals surface area contributed by atoms with Crippen molar-refractivity contribution in [2.45, 2.75) is 13.3 Å². The van der Waals surface area contributed by atoms with Crippen molar-refractivity contribution >= 4 is 11.5 Å². The van der Waals surface area contributed by atoms with Crippen LogP contribution in [-0.4, -0.2) is 30.2 Å². The SMILES string of the molecule is CCOc1nc(N(C)CCc2ccccn2)ccc1N. The minimum atomic E-state index is 0.495. The van der Waals surface area contributed by atoms with Gasteiger partial charge < -0.3 is 15.4 Å². The van der Waals surface area contributed by atoms with Gasteiger partial charge in [0.2, 0.25) is 5.88 Å². The number of anilines is 2. The predicted molar refractivity (Wildman–Crippen MR) is 81.0 cm³/mol. The Kier molecular flexibility index (Phi) is 4.76. The number of nitrogens with two attached hydrogens (primary N) is 1. The van der Waals surface area contributed by atoms with Crippen LogP contribution >= 0.6 is 0 Å². The van der Waals surface area contributed by atoms with Crippen molar-refractivity contribution in [2.24, 2.45) is 0 Å². The lowest BCUT2D eigenvalue weighted by molar-refractivity contribution is 0.329. The minimum Gasteiger partial charge on any atom is -0.476 e. The minimum absolute atomic E-state index is 0.495. The molecule has 0 aliphatic rings. The summed E-state index contributed by atoms with van der Waals surface area (Å²) in [6.07, 6.45) is 2.68. The van der Waals surface area contributed by atoms with Crippen LogP contribution in [0.25, 0.3) is 0 Å². The topological polar surface area (TPSA) is 64.3 Å². The summed E-state index contributed by atoms with van der Waals surface area (Å²) in [6, 6.07) is 9.66. The van der Waals surface area contributed by atoms with E-state index in [0.29, 0.717) is 18.2 Å². The Hall–Kier alpha value is -2.30. The van der Waals surface area contributed by atoms with Crippen LogP contribution < -0.4 is 15.4 Å². The second-order valence-electron chi connectivity index (χ2n) is 4.49. The molecule has 2 aromatic rings. The van der Waals surface area contributed by atoms with Crippen molar-refractivity contribution in [3.63, 3.8) is 0 Å². The van der Waals surface area contributed by atoms with Crippen molar-refractivity contribution in [1.82, 2.24) is 9.97 Å². The summed E-state index contributed by atoms with van der Waals surface area (Å²) >= 11 is 0. The van der Waals surface area contributed by atoms with E-state index in [1.165, 1.54) is 0 Å². The highest BCUT2D eigenvalue weighted by Gasteiger charge is 2.08. The number of hydrogen-bond donors (Lipinski definition) is 1. The van der Waals surface area contributed by atoms with Crippen LogP contribution in [0.4, 0.5) is 11.5 Å². The van der Waals surface area contributed by atoms with Crippen LogP contribution in [0.15, 0.2) is 36.5 Å². The molecule has 0 amide bonds. The average molecular weight is 272 g/mol. The largest absolute Gasteiger partial charge is 0.476 e. The maximum Gasteiger partial charge on any atom is 0.239 e. The lowest BCUT2D eigenvalue weighted by Crippen LogP contribution is -2.22. The van der Waals surface area contributed by atoms with Gasteiger partial charge >= 0.3 is 0 Å². The monoisotopic (exact) mass is 272 g/mol. The number of aromatic nitrogens is 2. The zero-order valence-corrected chi connectivity index (χ0v) is 11.9. The van der Waals surface area contributed by atoms with Crippen molar-refractivity contribution in [3.05, 3.63) is 42.2 Å². The van der Waals surface area contributed by atoms with Gasteiger partial charge in [-0.2, -0.15) is 4.98 Å². The van der Waals surface area contributed by atoms with Crippen LogP contribution in [0.5, 0.6) is 5.88 Å². The fourth-order valence-corrected chi connectivity index (χ4v) is 1.85. The number of ether oxygens (including phenoxy) is 1. The first kappa shape index (κ1) is 14.1. The van der Waals surface area contributed by atoms with E-state index < -0.39 is 0 Å². The number of pyridine rings is 2. The Morgan fingerprint density at radius 3 is 2.80 bits per heavy atom. The third kappa shape index (κ3) is 3.60. The van der Waals surface area contributed by atoms with Crippen LogP contribution in [0, 0.1) is 0 Å². The standard InChI is InChI=1S/C15H20N4O/c1-3-20-15-13(16)7-8-14(18-15)19(2)11-9-12-6-4-5-10-17-12/h4-8,10H,3,9,11,16H2,1-2H3. The number of rotatable bonds is 6. The Morgan fingerprint density at radius 2 is 2.10 bits per heavy atom. The highest BCUT2D eigenvalue weighted by Crippen LogP contribution is 2.22. The van der Waals surface area contributed by atoms with E-state index >= 15 is 0 Å². The number of nitrogens with zero attached hydrogens (tertiary/aromatic N) is 3. The molecule has 0 saturated carbocycles. The van der Waals surface area contributed by atoms with Gasteiger partial charge in [-0.25, -0.2) is 0 Å². The molecule has 2 heterocycles. The van der Waals surface area contributed by atoms with E-state index in [0.717, 1.165) is 24.5 Å². The zero-order chi connectivity index (χ0) is 14.4. The second kappa shape index (κ2) is 6.75. The fourth-order valence-electron chi connectivity index (χ4n) is 1.85. The smallest absolute Gasteiger partial charge is 0.239 e. The number of hydrogen-bond acceptors (Lipinski definition) is 5. The summed E-state index contributed by atoms with van der Waals surface area (Å²) in [6.45, 7) is 3.30. The zero-order valence-electron chi connectivity index (χ0n) is 11.9. The molecule has 2 rings (SSSR count). The van der Waals surface area contributed by atoms with Crippen molar-refractivity contribution in [2.75, 3.05) is 30.8 Å². The predicted octanol–water partition coefficient (Wildman–Crippen LogP) is 2.14. The van der Waals surface area contributed by atoms with E-state index in [2.05, 4.69) is 14.9 Å². The molecule has 0 aliphatic carbocycles. The summed E-state index contributed by atoms with van der Waals surface area (Å²) in [5.41, 5.74) is 7.46. The summed E-state index contributed by atoms with van der Waals surface area (Å²) < 4.78 is 5.42. The Morgan fingerprint density at radius 1 is 1.25 bits per heavy atom. The molecule has 0 saturated heterocycles. The molecule has 0 unspecified atom stereocenters. The first-order chi connectivity index (χ1) is 9.70. The summed E-state index contributed by atoms with van der Waals surface area (Å²) in [5, 5.41) is 0. The first-order valence-corrected chi connectivity index (χ1v) is 6.71. The van der Waals surface area contributed by atoms with Gasteiger partial charge in [-0.05, 0) is 31.2 Å². The summed E-state index contributed by atoms with van der Waals surface area (Å²) in [7, 11) is 2.00. The molecule has 0 atom stereocenters. The molecule has 5 heteroatoms. The molecule has 0 aromatic carbocycles. The molecule has 0 bridgehead atoms. The van der Waals surface area contributed by atoms with E-state index in [1.54, 1.807) is 0 Å². The molecule has 0 aliphatic heterocycles. The van der Waals surface area contributed by atoms with Crippen LogP contribution in [0.3, 0.4) is 0 Å². The molecule has 20 heavy (non-hydrogen) atoms. The quantitative estimate of drug-likeness (QED) is 0.872. The normalized spacial score (nSPS) is 10.3. The molecule has 5 nitrogen and oxygen atoms in total. The number of nitrogen functional groups attached to an aromatic ring is 1. The molecule has 106 valence electrons. The van der Waals surface area contributed by atoms with E-state index in [1.807, 2.05) is 50.5 Å². The highest BCUT2D eigenvalue weighted by atomic mass is 16.5. The van der Waals surface area contributed by atoms with Crippen molar-refractivity contribution < 1.29 is 4.74 Å². The van der Waals surface area contributed by atoms with Gasteiger partial charge in [0.15, 0.2) is 0 Å². The van der Waals surface area contributed by atoms with Crippen LogP contribution in [0.1, 0.15) is 12.6 Å².